The molecule has 0 fully saturated rings. The molecule has 0 aromatic heterocycles. The fourth-order valence-electron chi connectivity index (χ4n) is 1.04. The highest BCUT2D eigenvalue weighted by Gasteiger charge is 2.10. The van der Waals surface area contributed by atoms with Gasteiger partial charge in [-0.2, -0.15) is 0 Å². The molecule has 0 atom stereocenters. The van der Waals surface area contributed by atoms with E-state index in [1.165, 1.54) is 7.11 Å². The van der Waals surface area contributed by atoms with E-state index in [1.807, 2.05) is 13.0 Å². The van der Waals surface area contributed by atoms with Gasteiger partial charge in [0.15, 0.2) is 6.79 Å². The van der Waals surface area contributed by atoms with Gasteiger partial charge in [-0.25, -0.2) is 4.79 Å². The molecule has 0 spiro atoms. The second-order valence-electron chi connectivity index (χ2n) is 2.93. The largest absolute Gasteiger partial charge is 0.435 e. The number of anilines is 1. The minimum atomic E-state index is -0.465. The first-order chi connectivity index (χ1) is 6.65. The molecular formula is C10H13NO3. The Kier molecular flexibility index (Phi) is 3.48. The van der Waals surface area contributed by atoms with Gasteiger partial charge in [0.25, 0.3) is 0 Å². The lowest BCUT2D eigenvalue weighted by Crippen LogP contribution is -2.10. The van der Waals surface area contributed by atoms with E-state index in [0.717, 1.165) is 5.56 Å². The standard InChI is InChI=1S/C10H13NO3/c1-7-3-4-9(11)8(5-7)10(12)14-6-13-2/h3-5H,6,11H2,1-2H3. The molecule has 1 rings (SSSR count). The van der Waals surface area contributed by atoms with Crippen LogP contribution in [-0.2, 0) is 9.47 Å². The number of carbonyl (C=O) groups is 1. The average Bonchev–Trinajstić information content (AvgIpc) is 2.18. The predicted molar refractivity (Wildman–Crippen MR) is 52.9 cm³/mol. The van der Waals surface area contributed by atoms with Crippen LogP contribution < -0.4 is 5.73 Å². The lowest BCUT2D eigenvalue weighted by atomic mass is 10.1. The molecule has 1 aromatic carbocycles. The molecule has 4 heteroatoms. The molecule has 0 unspecified atom stereocenters. The van der Waals surface area contributed by atoms with Crippen LogP contribution in [0.1, 0.15) is 15.9 Å². The van der Waals surface area contributed by atoms with Crippen LogP contribution in [0.15, 0.2) is 18.2 Å². The zero-order valence-electron chi connectivity index (χ0n) is 8.24. The molecule has 14 heavy (non-hydrogen) atoms. The predicted octanol–water partition coefficient (Wildman–Crippen LogP) is 1.34. The molecule has 0 amide bonds. The quantitative estimate of drug-likeness (QED) is 0.449. The van der Waals surface area contributed by atoms with Crippen LogP contribution in [-0.4, -0.2) is 19.9 Å². The molecule has 0 saturated heterocycles. The second kappa shape index (κ2) is 4.62. The maximum absolute atomic E-state index is 11.4. The third-order valence-corrected chi connectivity index (χ3v) is 1.74. The van der Waals surface area contributed by atoms with E-state index in [0.29, 0.717) is 11.3 Å². The lowest BCUT2D eigenvalue weighted by molar-refractivity contribution is -0.0124. The number of esters is 1. The number of benzene rings is 1. The van der Waals surface area contributed by atoms with Gasteiger partial charge in [0.2, 0.25) is 0 Å². The van der Waals surface area contributed by atoms with Crippen LogP contribution in [0.4, 0.5) is 5.69 Å². The highest BCUT2D eigenvalue weighted by molar-refractivity contribution is 5.95. The van der Waals surface area contributed by atoms with E-state index < -0.39 is 5.97 Å². The van der Waals surface area contributed by atoms with Crippen molar-refractivity contribution in [2.24, 2.45) is 0 Å². The van der Waals surface area contributed by atoms with Crippen molar-refractivity contribution in [1.82, 2.24) is 0 Å². The first kappa shape index (κ1) is 10.5. The van der Waals surface area contributed by atoms with Gasteiger partial charge in [-0.3, -0.25) is 0 Å². The first-order valence-electron chi connectivity index (χ1n) is 4.17. The number of rotatable bonds is 3. The summed E-state index contributed by atoms with van der Waals surface area (Å²) in [6.07, 6.45) is 0. The minimum Gasteiger partial charge on any atom is -0.435 e. The summed E-state index contributed by atoms with van der Waals surface area (Å²) >= 11 is 0. The SMILES string of the molecule is COCOC(=O)c1cc(C)ccc1N. The Morgan fingerprint density at radius 1 is 1.50 bits per heavy atom. The maximum Gasteiger partial charge on any atom is 0.342 e. The third kappa shape index (κ3) is 2.47. The van der Waals surface area contributed by atoms with Crippen molar-refractivity contribution in [3.05, 3.63) is 29.3 Å². The number of nitrogens with two attached hydrogens (primary N) is 1. The smallest absolute Gasteiger partial charge is 0.342 e. The molecule has 0 bridgehead atoms. The van der Waals surface area contributed by atoms with Crippen LogP contribution in [0.2, 0.25) is 0 Å². The van der Waals surface area contributed by atoms with Crippen LogP contribution in [0, 0.1) is 6.92 Å². The summed E-state index contributed by atoms with van der Waals surface area (Å²) in [6.45, 7) is 1.82. The van der Waals surface area contributed by atoms with E-state index in [4.69, 9.17) is 10.5 Å². The summed E-state index contributed by atoms with van der Waals surface area (Å²) in [5.74, 6) is -0.465. The Bertz CT molecular complexity index is 336. The minimum absolute atomic E-state index is 0.0633. The Morgan fingerprint density at radius 3 is 2.86 bits per heavy atom. The van der Waals surface area contributed by atoms with Gasteiger partial charge in [-0.05, 0) is 19.1 Å². The van der Waals surface area contributed by atoms with Crippen molar-refractivity contribution in [1.29, 1.82) is 0 Å². The summed E-state index contributed by atoms with van der Waals surface area (Å²) in [5, 5.41) is 0. The van der Waals surface area contributed by atoms with Crippen molar-refractivity contribution in [2.45, 2.75) is 6.92 Å². The number of aryl methyl sites for hydroxylation is 1. The van der Waals surface area contributed by atoms with Crippen molar-refractivity contribution >= 4 is 11.7 Å². The molecule has 76 valence electrons. The molecule has 0 aliphatic heterocycles. The molecule has 0 radical (unpaired) electrons. The Morgan fingerprint density at radius 2 is 2.21 bits per heavy atom. The highest BCUT2D eigenvalue weighted by atomic mass is 16.7. The summed E-state index contributed by atoms with van der Waals surface area (Å²) < 4.78 is 9.39. The number of hydrogen-bond acceptors (Lipinski definition) is 4. The van der Waals surface area contributed by atoms with Gasteiger partial charge in [0, 0.05) is 12.8 Å². The van der Waals surface area contributed by atoms with Crippen molar-refractivity contribution in [3.63, 3.8) is 0 Å². The van der Waals surface area contributed by atoms with E-state index in [9.17, 15) is 4.79 Å². The normalized spacial score (nSPS) is 9.86. The van der Waals surface area contributed by atoms with Gasteiger partial charge in [0.1, 0.15) is 0 Å². The zero-order chi connectivity index (χ0) is 10.6. The average molecular weight is 195 g/mol. The molecular weight excluding hydrogens is 182 g/mol. The maximum atomic E-state index is 11.4. The topological polar surface area (TPSA) is 61.5 Å². The van der Waals surface area contributed by atoms with Crippen molar-refractivity contribution in [3.8, 4) is 0 Å². The van der Waals surface area contributed by atoms with Crippen LogP contribution in [0.5, 0.6) is 0 Å². The lowest BCUT2D eigenvalue weighted by Gasteiger charge is -2.06. The zero-order valence-corrected chi connectivity index (χ0v) is 8.24. The van der Waals surface area contributed by atoms with Crippen LogP contribution >= 0.6 is 0 Å². The molecule has 2 N–H and O–H groups in total. The van der Waals surface area contributed by atoms with E-state index >= 15 is 0 Å². The monoisotopic (exact) mass is 195 g/mol. The summed E-state index contributed by atoms with van der Waals surface area (Å²) in [7, 11) is 1.45. The first-order valence-corrected chi connectivity index (χ1v) is 4.17. The summed E-state index contributed by atoms with van der Waals surface area (Å²) in [4.78, 5) is 11.4. The molecule has 0 aliphatic carbocycles. The summed E-state index contributed by atoms with van der Waals surface area (Å²) in [5.41, 5.74) is 7.37. The fraction of sp³-hybridized carbons (Fsp3) is 0.300. The van der Waals surface area contributed by atoms with Gasteiger partial charge >= 0.3 is 5.97 Å². The van der Waals surface area contributed by atoms with Crippen molar-refractivity contribution in [2.75, 3.05) is 19.6 Å². The molecule has 1 aromatic rings. The van der Waals surface area contributed by atoms with E-state index in [-0.39, 0.29) is 6.79 Å². The molecule has 0 heterocycles. The molecule has 4 nitrogen and oxygen atoms in total. The highest BCUT2D eigenvalue weighted by Crippen LogP contribution is 2.14. The number of methoxy groups -OCH3 is 1. The number of hydrogen-bond donors (Lipinski definition) is 1. The fourth-order valence-corrected chi connectivity index (χ4v) is 1.04. The number of carbonyl (C=O) groups excluding carboxylic acids is 1. The second-order valence-corrected chi connectivity index (χ2v) is 2.93. The number of ether oxygens (including phenoxy) is 2. The number of nitrogen functional groups attached to an aromatic ring is 1. The third-order valence-electron chi connectivity index (χ3n) is 1.74. The van der Waals surface area contributed by atoms with Gasteiger partial charge < -0.3 is 15.2 Å². The van der Waals surface area contributed by atoms with E-state index in [2.05, 4.69) is 4.74 Å². The molecule has 0 saturated carbocycles. The summed E-state index contributed by atoms with van der Waals surface area (Å²) in [6, 6.07) is 5.20. The van der Waals surface area contributed by atoms with Gasteiger partial charge in [0.05, 0.1) is 5.56 Å². The Labute approximate surface area is 82.6 Å². The van der Waals surface area contributed by atoms with Gasteiger partial charge in [-0.15, -0.1) is 0 Å². The Balaban J connectivity index is 2.83. The van der Waals surface area contributed by atoms with Crippen LogP contribution in [0.25, 0.3) is 0 Å². The van der Waals surface area contributed by atoms with Crippen molar-refractivity contribution < 1.29 is 14.3 Å². The Hall–Kier alpha value is -1.55. The molecule has 0 aliphatic rings. The van der Waals surface area contributed by atoms with Crippen LogP contribution in [0.3, 0.4) is 0 Å². The van der Waals surface area contributed by atoms with E-state index in [1.54, 1.807) is 12.1 Å². The van der Waals surface area contributed by atoms with Gasteiger partial charge in [-0.1, -0.05) is 11.6 Å².